The van der Waals surface area contributed by atoms with Crippen molar-refractivity contribution in [2.24, 2.45) is 17.4 Å². The summed E-state index contributed by atoms with van der Waals surface area (Å²) in [6.07, 6.45) is 3.02. The lowest BCUT2D eigenvalue weighted by Gasteiger charge is -2.27. The Bertz CT molecular complexity index is 2470. The van der Waals surface area contributed by atoms with E-state index in [4.69, 9.17) is 30.9 Å². The second-order valence-electron chi connectivity index (χ2n) is 13.3. The number of nitrogens with zero attached hydrogens (tertiary/aromatic N) is 8. The number of aromatic nitrogens is 8. The van der Waals surface area contributed by atoms with E-state index in [1.165, 1.54) is 7.11 Å². The predicted molar refractivity (Wildman–Crippen MR) is 197 cm³/mol. The zero-order chi connectivity index (χ0) is 38.4. The summed E-state index contributed by atoms with van der Waals surface area (Å²) in [7, 11) is 1.52. The van der Waals surface area contributed by atoms with Crippen LogP contribution in [0.2, 0.25) is 0 Å². The van der Waals surface area contributed by atoms with E-state index in [1.54, 1.807) is 39.7 Å². The second-order valence-corrected chi connectivity index (χ2v) is 13.3. The summed E-state index contributed by atoms with van der Waals surface area (Å²) in [6, 6.07) is 6.28. The molecule has 1 aliphatic carbocycles. The van der Waals surface area contributed by atoms with Crippen LogP contribution in [0.3, 0.4) is 0 Å². The first-order valence-corrected chi connectivity index (χ1v) is 17.8. The van der Waals surface area contributed by atoms with Gasteiger partial charge in [0.1, 0.15) is 40.4 Å². The highest BCUT2D eigenvalue weighted by Gasteiger charge is 2.31. The van der Waals surface area contributed by atoms with Gasteiger partial charge in [-0.05, 0) is 70.9 Å². The van der Waals surface area contributed by atoms with Gasteiger partial charge in [0.25, 0.3) is 11.8 Å². The molecular formula is C36H42N12O6. The SMILES string of the molecule is CCn1nc(C)cc1C(=O)Nc1nc2c(n1CCC[C@H]1COc3cc(C(N)=O)cc4nc(NC(=O)c5cc(C)nn5CC)n1c34)=C(OC)CC(C(N)=O)C=2. The number of fused-ring (bicyclic) bond motifs is 1. The number of hydrogen-bond donors (Lipinski definition) is 4. The molecule has 5 heterocycles. The van der Waals surface area contributed by atoms with Crippen molar-refractivity contribution in [3.63, 3.8) is 0 Å². The van der Waals surface area contributed by atoms with Crippen LogP contribution < -0.4 is 37.5 Å². The summed E-state index contributed by atoms with van der Waals surface area (Å²) in [6.45, 7) is 9.03. The third-order valence-corrected chi connectivity index (χ3v) is 9.70. The Labute approximate surface area is 308 Å². The fraction of sp³-hybridized carbons (Fsp3) is 0.389. The van der Waals surface area contributed by atoms with Gasteiger partial charge >= 0.3 is 0 Å². The number of primary amides is 2. The molecule has 6 N–H and O–H groups in total. The molecule has 0 fully saturated rings. The maximum absolute atomic E-state index is 13.6. The second kappa shape index (κ2) is 14.2. The van der Waals surface area contributed by atoms with Crippen LogP contribution >= 0.6 is 0 Å². The van der Waals surface area contributed by atoms with Crippen LogP contribution in [-0.2, 0) is 29.2 Å². The lowest BCUT2D eigenvalue weighted by atomic mass is 9.99. The average molecular weight is 739 g/mol. The highest BCUT2D eigenvalue weighted by atomic mass is 16.5. The van der Waals surface area contributed by atoms with Crippen LogP contribution in [0.5, 0.6) is 5.75 Å². The van der Waals surface area contributed by atoms with Crippen molar-refractivity contribution in [3.8, 4) is 5.75 Å². The number of carbonyl (C=O) groups is 4. The number of imidazole rings is 2. The predicted octanol–water partition coefficient (Wildman–Crippen LogP) is 1.34. The van der Waals surface area contributed by atoms with E-state index in [2.05, 4.69) is 20.8 Å². The lowest BCUT2D eigenvalue weighted by molar-refractivity contribution is -0.120. The number of ether oxygens (including phenoxy) is 2. The Hall–Kier alpha value is -6.46. The van der Waals surface area contributed by atoms with Crippen LogP contribution in [0.4, 0.5) is 11.9 Å². The summed E-state index contributed by atoms with van der Waals surface area (Å²) in [5.74, 6) is -1.05. The molecule has 2 aliphatic rings. The molecule has 282 valence electrons. The van der Waals surface area contributed by atoms with Crippen LogP contribution in [-0.4, -0.2) is 76.0 Å². The smallest absolute Gasteiger partial charge is 0.276 e. The standard InChI is InChI=1S/C36H42N12O6/c1-6-46-25(11-18(3)43-46)33(51)41-35-39-23-13-20(31(37)49)15-27(53-5)29(23)45(35)10-8-9-22-17-54-28-16-21(32(38)50)14-24-30(28)48(22)36(40-24)42-34(52)26-12-19(4)44-47(26)7-2/h11-14,16,20,22H,6-10,15,17H2,1-5H3,(H2,37,49)(H2,38,50)(H,39,41,51)(H,40,42,52)/t20?,22-/m0/s1. The zero-order valence-electron chi connectivity index (χ0n) is 30.7. The molecule has 4 aromatic heterocycles. The van der Waals surface area contributed by atoms with Gasteiger partial charge in [0, 0.05) is 31.6 Å². The number of methoxy groups -OCH3 is 1. The minimum Gasteiger partial charge on any atom is -0.499 e. The van der Waals surface area contributed by atoms with Crippen molar-refractivity contribution >= 4 is 58.4 Å². The number of aryl methyl sites for hydroxylation is 4. The van der Waals surface area contributed by atoms with Gasteiger partial charge in [-0.25, -0.2) is 9.97 Å². The van der Waals surface area contributed by atoms with E-state index in [-0.39, 0.29) is 48.3 Å². The van der Waals surface area contributed by atoms with E-state index in [0.29, 0.717) is 88.5 Å². The maximum Gasteiger partial charge on any atom is 0.276 e. The third kappa shape index (κ3) is 6.43. The summed E-state index contributed by atoms with van der Waals surface area (Å²) in [4.78, 5) is 61.1. The highest BCUT2D eigenvalue weighted by Crippen LogP contribution is 2.38. The van der Waals surface area contributed by atoms with Gasteiger partial charge in [0.2, 0.25) is 23.7 Å². The van der Waals surface area contributed by atoms with E-state index in [9.17, 15) is 19.2 Å². The number of nitrogens with one attached hydrogen (secondary N) is 2. The van der Waals surface area contributed by atoms with E-state index >= 15 is 0 Å². The fourth-order valence-electron chi connectivity index (χ4n) is 7.22. The summed E-state index contributed by atoms with van der Waals surface area (Å²) in [5.41, 5.74) is 14.8. The molecule has 1 unspecified atom stereocenters. The molecule has 1 aromatic carbocycles. The number of anilines is 2. The van der Waals surface area contributed by atoms with Gasteiger partial charge in [0.05, 0.1) is 41.3 Å². The van der Waals surface area contributed by atoms with Crippen LogP contribution in [0.1, 0.15) is 81.9 Å². The Morgan fingerprint density at radius 2 is 1.57 bits per heavy atom. The number of nitrogens with two attached hydrogens (primary N) is 2. The molecule has 0 saturated heterocycles. The average Bonchev–Trinajstić information content (AvgIpc) is 3.91. The quantitative estimate of drug-likeness (QED) is 0.135. The van der Waals surface area contributed by atoms with E-state index < -0.39 is 17.7 Å². The first-order valence-electron chi connectivity index (χ1n) is 17.8. The number of carbonyl (C=O) groups excluding carboxylic acids is 4. The monoisotopic (exact) mass is 738 g/mol. The van der Waals surface area contributed by atoms with E-state index in [0.717, 1.165) is 0 Å². The molecule has 1 aliphatic heterocycles. The van der Waals surface area contributed by atoms with Crippen LogP contribution in [0, 0.1) is 19.8 Å². The molecule has 7 rings (SSSR count). The maximum atomic E-state index is 13.6. The summed E-state index contributed by atoms with van der Waals surface area (Å²) in [5, 5.41) is 15.8. The molecule has 0 spiro atoms. The van der Waals surface area contributed by atoms with Gasteiger partial charge < -0.3 is 30.1 Å². The number of rotatable bonds is 13. The number of benzene rings is 1. The van der Waals surface area contributed by atoms with Crippen molar-refractivity contribution in [1.29, 1.82) is 0 Å². The lowest BCUT2D eigenvalue weighted by Crippen LogP contribution is -2.40. The van der Waals surface area contributed by atoms with Gasteiger partial charge in [-0.15, -0.1) is 0 Å². The number of amides is 4. The van der Waals surface area contributed by atoms with Crippen molar-refractivity contribution in [2.75, 3.05) is 24.4 Å². The molecule has 54 heavy (non-hydrogen) atoms. The Balaban J connectivity index is 1.23. The zero-order valence-corrected chi connectivity index (χ0v) is 30.7. The molecule has 18 heteroatoms. The molecular weight excluding hydrogens is 696 g/mol. The Morgan fingerprint density at radius 1 is 0.926 bits per heavy atom. The van der Waals surface area contributed by atoms with Crippen molar-refractivity contribution in [1.82, 2.24) is 38.7 Å². The van der Waals surface area contributed by atoms with Crippen molar-refractivity contribution in [3.05, 3.63) is 63.3 Å². The summed E-state index contributed by atoms with van der Waals surface area (Å²) < 4.78 is 19.0. The Morgan fingerprint density at radius 3 is 2.17 bits per heavy atom. The van der Waals surface area contributed by atoms with Crippen LogP contribution in [0.25, 0.3) is 22.9 Å². The van der Waals surface area contributed by atoms with Gasteiger partial charge in [-0.3, -0.25) is 39.2 Å². The number of hydrogen-bond acceptors (Lipinski definition) is 10. The van der Waals surface area contributed by atoms with Gasteiger partial charge in [-0.2, -0.15) is 10.2 Å². The summed E-state index contributed by atoms with van der Waals surface area (Å²) >= 11 is 0. The largest absolute Gasteiger partial charge is 0.499 e. The van der Waals surface area contributed by atoms with E-state index in [1.807, 2.05) is 36.8 Å². The van der Waals surface area contributed by atoms with Crippen LogP contribution in [0.15, 0.2) is 24.3 Å². The molecule has 2 atom stereocenters. The fourth-order valence-corrected chi connectivity index (χ4v) is 7.22. The Kier molecular flexibility index (Phi) is 9.42. The third-order valence-electron chi connectivity index (χ3n) is 9.70. The van der Waals surface area contributed by atoms with Gasteiger partial charge in [-0.1, -0.05) is 0 Å². The molecule has 5 aromatic rings. The normalized spacial score (nSPS) is 16.1. The molecule has 0 bridgehead atoms. The first-order chi connectivity index (χ1) is 25.9. The topological polar surface area (TPSA) is 234 Å². The molecule has 0 saturated carbocycles. The minimum absolute atomic E-state index is 0.213. The van der Waals surface area contributed by atoms with Gasteiger partial charge in [0.15, 0.2) is 0 Å². The first kappa shape index (κ1) is 35.9. The molecule has 18 nitrogen and oxygen atoms in total. The van der Waals surface area contributed by atoms with Crippen molar-refractivity contribution < 1.29 is 28.7 Å². The minimum atomic E-state index is -0.631. The molecule has 4 amide bonds. The van der Waals surface area contributed by atoms with Crippen molar-refractivity contribution in [2.45, 2.75) is 72.6 Å². The highest BCUT2D eigenvalue weighted by molar-refractivity contribution is 6.04. The molecule has 0 radical (unpaired) electrons.